The number of aliphatic hydroxyl groups is 1. The van der Waals surface area contributed by atoms with Crippen molar-refractivity contribution in [3.05, 3.63) is 29.8 Å². The summed E-state index contributed by atoms with van der Waals surface area (Å²) in [6.07, 6.45) is 3.49. The molecule has 0 aromatic heterocycles. The molecule has 138 valence electrons. The Morgan fingerprint density at radius 2 is 1.92 bits per heavy atom. The first-order valence-corrected chi connectivity index (χ1v) is 9.35. The van der Waals surface area contributed by atoms with E-state index in [1.165, 1.54) is 0 Å². The quantitative estimate of drug-likeness (QED) is 0.824. The molecule has 3 atom stereocenters. The van der Waals surface area contributed by atoms with Gasteiger partial charge in [-0.1, -0.05) is 12.1 Å². The zero-order valence-electron chi connectivity index (χ0n) is 15.2. The van der Waals surface area contributed by atoms with E-state index in [-0.39, 0.29) is 17.9 Å². The predicted molar refractivity (Wildman–Crippen MR) is 95.3 cm³/mol. The van der Waals surface area contributed by atoms with Gasteiger partial charge in [-0.2, -0.15) is 0 Å². The molecule has 1 amide bonds. The summed E-state index contributed by atoms with van der Waals surface area (Å²) in [4.78, 5) is 15.1. The van der Waals surface area contributed by atoms with Crippen LogP contribution < -0.4 is 4.74 Å². The summed E-state index contributed by atoms with van der Waals surface area (Å²) < 4.78 is 10.8. The van der Waals surface area contributed by atoms with Crippen LogP contribution in [-0.4, -0.2) is 47.9 Å². The van der Waals surface area contributed by atoms with Crippen molar-refractivity contribution >= 4 is 5.91 Å². The first-order valence-electron chi connectivity index (χ1n) is 9.35. The molecule has 0 saturated heterocycles. The van der Waals surface area contributed by atoms with Crippen LogP contribution in [-0.2, 0) is 16.1 Å². The highest BCUT2D eigenvalue weighted by Crippen LogP contribution is 2.34. The number of hydrogen-bond donors (Lipinski definition) is 1. The van der Waals surface area contributed by atoms with Gasteiger partial charge in [-0.05, 0) is 56.7 Å². The van der Waals surface area contributed by atoms with E-state index in [1.54, 1.807) is 7.11 Å². The van der Waals surface area contributed by atoms with Gasteiger partial charge in [0.2, 0.25) is 5.91 Å². The minimum atomic E-state index is -0.450. The molecular formula is C20H29NO4. The van der Waals surface area contributed by atoms with Crippen molar-refractivity contribution in [2.45, 2.75) is 63.8 Å². The van der Waals surface area contributed by atoms with Crippen LogP contribution in [0.25, 0.3) is 0 Å². The van der Waals surface area contributed by atoms with Crippen LogP contribution in [0.15, 0.2) is 24.3 Å². The molecule has 3 rings (SSSR count). The maximum Gasteiger partial charge on any atom is 0.226 e. The average Bonchev–Trinajstić information content (AvgIpc) is 3.46. The lowest BCUT2D eigenvalue weighted by atomic mass is 9.84. The maximum atomic E-state index is 13.1. The van der Waals surface area contributed by atoms with Crippen molar-refractivity contribution in [1.82, 2.24) is 4.90 Å². The summed E-state index contributed by atoms with van der Waals surface area (Å²) in [6, 6.07) is 8.37. The summed E-state index contributed by atoms with van der Waals surface area (Å²) in [5, 5.41) is 9.97. The Morgan fingerprint density at radius 3 is 2.52 bits per heavy atom. The number of nitrogens with zero attached hydrogens (tertiary/aromatic N) is 1. The second-order valence-electron chi connectivity index (χ2n) is 7.13. The number of carbonyl (C=O) groups excluding carboxylic acids is 1. The van der Waals surface area contributed by atoms with Crippen LogP contribution in [0.4, 0.5) is 0 Å². The van der Waals surface area contributed by atoms with Crippen molar-refractivity contribution in [2.24, 2.45) is 5.92 Å². The molecule has 25 heavy (non-hydrogen) atoms. The maximum absolute atomic E-state index is 13.1. The summed E-state index contributed by atoms with van der Waals surface area (Å²) in [7, 11) is 1.61. The SMILES string of the molecule is CCOc1ccc(CN(C(=O)[C@@H]2CC[C@H](O)[C@H](OC)C2)C2CC2)cc1. The fourth-order valence-corrected chi connectivity index (χ4v) is 3.65. The van der Waals surface area contributed by atoms with Crippen LogP contribution >= 0.6 is 0 Å². The fourth-order valence-electron chi connectivity index (χ4n) is 3.65. The van der Waals surface area contributed by atoms with Gasteiger partial charge in [0.15, 0.2) is 0 Å². The van der Waals surface area contributed by atoms with E-state index in [1.807, 2.05) is 36.1 Å². The molecule has 1 N–H and O–H groups in total. The van der Waals surface area contributed by atoms with Crippen LogP contribution in [0.2, 0.25) is 0 Å². The van der Waals surface area contributed by atoms with Gasteiger partial charge < -0.3 is 19.5 Å². The monoisotopic (exact) mass is 347 g/mol. The third kappa shape index (κ3) is 4.53. The van der Waals surface area contributed by atoms with Gasteiger partial charge in [-0.25, -0.2) is 0 Å². The Balaban J connectivity index is 1.65. The van der Waals surface area contributed by atoms with Crippen LogP contribution in [0, 0.1) is 5.92 Å². The normalized spacial score (nSPS) is 26.3. The Kier molecular flexibility index (Phi) is 5.97. The van der Waals surface area contributed by atoms with E-state index < -0.39 is 6.10 Å². The van der Waals surface area contributed by atoms with Crippen molar-refractivity contribution in [3.8, 4) is 5.75 Å². The highest BCUT2D eigenvalue weighted by molar-refractivity contribution is 5.79. The summed E-state index contributed by atoms with van der Waals surface area (Å²) in [5.41, 5.74) is 1.13. The van der Waals surface area contributed by atoms with Gasteiger partial charge in [-0.3, -0.25) is 4.79 Å². The summed E-state index contributed by atoms with van der Waals surface area (Å²) in [6.45, 7) is 3.27. The first kappa shape index (κ1) is 18.2. The first-order chi connectivity index (χ1) is 12.1. The van der Waals surface area contributed by atoms with Gasteiger partial charge in [0, 0.05) is 25.6 Å². The van der Waals surface area contributed by atoms with E-state index in [4.69, 9.17) is 9.47 Å². The Labute approximate surface area is 149 Å². The van der Waals surface area contributed by atoms with Crippen molar-refractivity contribution < 1.29 is 19.4 Å². The largest absolute Gasteiger partial charge is 0.494 e. The van der Waals surface area contributed by atoms with E-state index >= 15 is 0 Å². The molecule has 5 heteroatoms. The standard InChI is InChI=1S/C20H29NO4/c1-3-25-17-9-4-14(5-10-17)13-21(16-7-8-16)20(23)15-6-11-18(22)19(12-15)24-2/h4-5,9-10,15-16,18-19,22H,3,6-8,11-13H2,1-2H3/t15-,18+,19-/m1/s1. The van der Waals surface area contributed by atoms with Crippen molar-refractivity contribution in [2.75, 3.05) is 13.7 Å². The highest BCUT2D eigenvalue weighted by Gasteiger charge is 2.39. The fraction of sp³-hybridized carbons (Fsp3) is 0.650. The molecule has 5 nitrogen and oxygen atoms in total. The molecular weight excluding hydrogens is 318 g/mol. The second-order valence-corrected chi connectivity index (χ2v) is 7.13. The molecule has 0 radical (unpaired) electrons. The Bertz CT molecular complexity index is 570. The zero-order valence-corrected chi connectivity index (χ0v) is 15.2. The minimum absolute atomic E-state index is 0.0448. The van der Waals surface area contributed by atoms with Crippen LogP contribution in [0.1, 0.15) is 44.6 Å². The number of aliphatic hydroxyl groups excluding tert-OH is 1. The van der Waals surface area contributed by atoms with Gasteiger partial charge >= 0.3 is 0 Å². The molecule has 0 bridgehead atoms. The molecule has 0 unspecified atom stereocenters. The van der Waals surface area contributed by atoms with E-state index in [0.29, 0.717) is 32.0 Å². The molecule has 1 aromatic rings. The summed E-state index contributed by atoms with van der Waals surface area (Å²) in [5.74, 6) is 1.03. The molecule has 2 aliphatic carbocycles. The van der Waals surface area contributed by atoms with Gasteiger partial charge in [-0.15, -0.1) is 0 Å². The van der Waals surface area contributed by atoms with E-state index in [2.05, 4.69) is 0 Å². The molecule has 1 aromatic carbocycles. The highest BCUT2D eigenvalue weighted by atomic mass is 16.5. The third-order valence-electron chi connectivity index (χ3n) is 5.27. The number of hydrogen-bond acceptors (Lipinski definition) is 4. The average molecular weight is 347 g/mol. The van der Waals surface area contributed by atoms with Gasteiger partial charge in [0.05, 0.1) is 18.8 Å². The second kappa shape index (κ2) is 8.19. The van der Waals surface area contributed by atoms with Crippen molar-refractivity contribution in [1.29, 1.82) is 0 Å². The molecule has 0 spiro atoms. The smallest absolute Gasteiger partial charge is 0.226 e. The summed E-state index contributed by atoms with van der Waals surface area (Å²) >= 11 is 0. The third-order valence-corrected chi connectivity index (χ3v) is 5.27. The molecule has 0 aliphatic heterocycles. The lowest BCUT2D eigenvalue weighted by Crippen LogP contribution is -2.43. The Morgan fingerprint density at radius 1 is 1.20 bits per heavy atom. The number of ether oxygens (including phenoxy) is 2. The van der Waals surface area contributed by atoms with Gasteiger partial charge in [0.25, 0.3) is 0 Å². The topological polar surface area (TPSA) is 59.0 Å². The predicted octanol–water partition coefficient (Wildman–Crippen LogP) is 2.75. The number of amides is 1. The lowest BCUT2D eigenvalue weighted by molar-refractivity contribution is -0.142. The Hall–Kier alpha value is -1.59. The van der Waals surface area contributed by atoms with Crippen molar-refractivity contribution in [3.63, 3.8) is 0 Å². The number of methoxy groups -OCH3 is 1. The van der Waals surface area contributed by atoms with Gasteiger partial charge in [0.1, 0.15) is 5.75 Å². The van der Waals surface area contributed by atoms with Crippen LogP contribution in [0.5, 0.6) is 5.75 Å². The minimum Gasteiger partial charge on any atom is -0.494 e. The van der Waals surface area contributed by atoms with E-state index in [0.717, 1.165) is 30.6 Å². The lowest BCUT2D eigenvalue weighted by Gasteiger charge is -2.35. The molecule has 2 saturated carbocycles. The molecule has 0 heterocycles. The molecule has 2 fully saturated rings. The number of carbonyl (C=O) groups is 1. The number of rotatable bonds is 7. The number of benzene rings is 1. The zero-order chi connectivity index (χ0) is 17.8. The van der Waals surface area contributed by atoms with E-state index in [9.17, 15) is 9.90 Å². The molecule has 2 aliphatic rings. The van der Waals surface area contributed by atoms with Crippen LogP contribution in [0.3, 0.4) is 0 Å².